The van der Waals surface area contributed by atoms with Crippen molar-refractivity contribution in [1.29, 1.82) is 5.41 Å². The molecule has 0 unspecified atom stereocenters. The molecule has 0 fully saturated rings. The SMILES string of the molecule is N=C1C(=C(O)c2ccccc2)[C@H](c2ccc(Br)cc2)C2=C(CCCC2=O)N1c1ccccc1Cl. The lowest BCUT2D eigenvalue weighted by molar-refractivity contribution is -0.116. The van der Waals surface area contributed by atoms with E-state index in [1.165, 1.54) is 0 Å². The van der Waals surface area contributed by atoms with Crippen LogP contribution < -0.4 is 4.90 Å². The predicted octanol–water partition coefficient (Wildman–Crippen LogP) is 7.66. The van der Waals surface area contributed by atoms with Crippen molar-refractivity contribution in [2.45, 2.75) is 25.2 Å². The number of hydrogen-bond donors (Lipinski definition) is 2. The third-order valence-electron chi connectivity index (χ3n) is 6.35. The largest absolute Gasteiger partial charge is 0.507 e. The van der Waals surface area contributed by atoms with Gasteiger partial charge in [0.2, 0.25) is 0 Å². The van der Waals surface area contributed by atoms with Gasteiger partial charge in [-0.3, -0.25) is 15.1 Å². The van der Waals surface area contributed by atoms with Gasteiger partial charge in [-0.05, 0) is 42.7 Å². The van der Waals surface area contributed by atoms with Gasteiger partial charge in [0, 0.05) is 39.2 Å². The quantitative estimate of drug-likeness (QED) is 0.340. The third kappa shape index (κ3) is 3.89. The molecule has 6 heteroatoms. The number of benzene rings is 3. The van der Waals surface area contributed by atoms with E-state index < -0.39 is 5.92 Å². The minimum atomic E-state index is -0.553. The first-order chi connectivity index (χ1) is 16.5. The fourth-order valence-corrected chi connectivity index (χ4v) is 5.32. The minimum absolute atomic E-state index is 0.0134. The summed E-state index contributed by atoms with van der Waals surface area (Å²) in [5.41, 5.74) is 3.88. The molecule has 0 saturated heterocycles. The van der Waals surface area contributed by atoms with Gasteiger partial charge in [0.15, 0.2) is 5.78 Å². The van der Waals surface area contributed by atoms with E-state index in [-0.39, 0.29) is 17.4 Å². The molecule has 1 heterocycles. The summed E-state index contributed by atoms with van der Waals surface area (Å²) in [6.45, 7) is 0. The number of para-hydroxylation sites is 1. The number of carbonyl (C=O) groups excluding carboxylic acids is 1. The van der Waals surface area contributed by atoms with E-state index in [2.05, 4.69) is 15.9 Å². The Kier molecular flexibility index (Phi) is 6.15. The lowest BCUT2D eigenvalue weighted by atomic mass is 9.73. The van der Waals surface area contributed by atoms with E-state index in [0.29, 0.717) is 46.7 Å². The van der Waals surface area contributed by atoms with Crippen LogP contribution in [0, 0.1) is 5.41 Å². The van der Waals surface area contributed by atoms with Gasteiger partial charge in [-0.2, -0.15) is 0 Å². The van der Waals surface area contributed by atoms with Crippen LogP contribution in [0.3, 0.4) is 0 Å². The number of allylic oxidation sites excluding steroid dienone is 2. The number of carbonyl (C=O) groups is 1. The topological polar surface area (TPSA) is 64.4 Å². The average Bonchev–Trinajstić information content (AvgIpc) is 2.85. The van der Waals surface area contributed by atoms with Gasteiger partial charge in [0.25, 0.3) is 0 Å². The fourth-order valence-electron chi connectivity index (χ4n) is 4.83. The second kappa shape index (κ2) is 9.24. The lowest BCUT2D eigenvalue weighted by Crippen LogP contribution is -2.42. The molecule has 5 rings (SSSR count). The van der Waals surface area contributed by atoms with Crippen molar-refractivity contribution in [3.05, 3.63) is 116 Å². The van der Waals surface area contributed by atoms with Gasteiger partial charge in [-0.25, -0.2) is 0 Å². The van der Waals surface area contributed by atoms with Crippen molar-refractivity contribution in [3.8, 4) is 0 Å². The number of halogens is 2. The molecule has 0 amide bonds. The van der Waals surface area contributed by atoms with Crippen molar-refractivity contribution >= 4 is 50.6 Å². The number of nitrogens with one attached hydrogen (secondary N) is 1. The number of amidine groups is 1. The van der Waals surface area contributed by atoms with Crippen molar-refractivity contribution in [1.82, 2.24) is 0 Å². The van der Waals surface area contributed by atoms with Crippen LogP contribution in [-0.2, 0) is 4.79 Å². The molecular formula is C28H22BrClN2O2. The second-order valence-electron chi connectivity index (χ2n) is 8.39. The van der Waals surface area contributed by atoms with Gasteiger partial charge in [0.1, 0.15) is 11.6 Å². The highest BCUT2D eigenvalue weighted by molar-refractivity contribution is 9.10. The summed E-state index contributed by atoms with van der Waals surface area (Å²) in [4.78, 5) is 15.2. The summed E-state index contributed by atoms with van der Waals surface area (Å²) in [5.74, 6) is -0.407. The highest BCUT2D eigenvalue weighted by atomic mass is 79.9. The zero-order valence-electron chi connectivity index (χ0n) is 18.3. The Hall–Kier alpha value is -3.15. The first-order valence-electron chi connectivity index (χ1n) is 11.1. The number of nitrogens with zero attached hydrogens (tertiary/aromatic N) is 1. The van der Waals surface area contributed by atoms with E-state index in [0.717, 1.165) is 15.7 Å². The molecule has 0 radical (unpaired) electrons. The molecule has 3 aromatic carbocycles. The maximum Gasteiger partial charge on any atom is 0.161 e. The molecule has 3 aromatic rings. The van der Waals surface area contributed by atoms with Crippen LogP contribution in [0.15, 0.2) is 100 Å². The molecule has 2 N–H and O–H groups in total. The Labute approximate surface area is 211 Å². The first kappa shape index (κ1) is 22.6. The molecule has 34 heavy (non-hydrogen) atoms. The lowest BCUT2D eigenvalue weighted by Gasteiger charge is -2.42. The molecule has 1 atom stereocenters. The van der Waals surface area contributed by atoms with E-state index in [4.69, 9.17) is 11.6 Å². The number of aliphatic hydroxyl groups is 1. The summed E-state index contributed by atoms with van der Waals surface area (Å²) in [5, 5.41) is 21.4. The van der Waals surface area contributed by atoms with Crippen molar-refractivity contribution in [2.24, 2.45) is 0 Å². The maximum atomic E-state index is 13.5. The third-order valence-corrected chi connectivity index (χ3v) is 7.20. The molecule has 0 saturated carbocycles. The Morgan fingerprint density at radius 3 is 2.35 bits per heavy atom. The van der Waals surface area contributed by atoms with Gasteiger partial charge < -0.3 is 5.11 Å². The van der Waals surface area contributed by atoms with Crippen molar-refractivity contribution in [3.63, 3.8) is 0 Å². The number of hydrogen-bond acceptors (Lipinski definition) is 3. The van der Waals surface area contributed by atoms with E-state index >= 15 is 0 Å². The van der Waals surface area contributed by atoms with E-state index in [1.54, 1.807) is 23.1 Å². The normalized spacial score (nSPS) is 19.8. The van der Waals surface area contributed by atoms with Crippen LogP contribution in [0.4, 0.5) is 5.69 Å². The van der Waals surface area contributed by atoms with Crippen molar-refractivity contribution in [2.75, 3.05) is 4.90 Å². The zero-order chi connectivity index (χ0) is 23.8. The molecule has 0 spiro atoms. The smallest absolute Gasteiger partial charge is 0.161 e. The molecule has 4 nitrogen and oxygen atoms in total. The maximum absolute atomic E-state index is 13.5. The highest BCUT2D eigenvalue weighted by Gasteiger charge is 2.43. The Morgan fingerprint density at radius 1 is 0.971 bits per heavy atom. The Balaban J connectivity index is 1.84. The predicted molar refractivity (Wildman–Crippen MR) is 140 cm³/mol. The van der Waals surface area contributed by atoms with Crippen LogP contribution in [0.5, 0.6) is 0 Å². The van der Waals surface area contributed by atoms with Gasteiger partial charge in [0.05, 0.1) is 10.7 Å². The number of anilines is 1. The Bertz CT molecular complexity index is 1350. The van der Waals surface area contributed by atoms with Gasteiger partial charge in [-0.15, -0.1) is 0 Å². The molecule has 0 bridgehead atoms. The number of rotatable bonds is 3. The van der Waals surface area contributed by atoms with Crippen LogP contribution in [0.1, 0.15) is 36.3 Å². The minimum Gasteiger partial charge on any atom is -0.507 e. The fraction of sp³-hybridized carbons (Fsp3) is 0.143. The van der Waals surface area contributed by atoms with Gasteiger partial charge in [-0.1, -0.05) is 82.1 Å². The molecule has 1 aliphatic carbocycles. The van der Waals surface area contributed by atoms with Crippen LogP contribution in [-0.4, -0.2) is 16.7 Å². The average molecular weight is 534 g/mol. The molecule has 0 aromatic heterocycles. The van der Waals surface area contributed by atoms with Crippen LogP contribution >= 0.6 is 27.5 Å². The summed E-state index contributed by atoms with van der Waals surface area (Å²) < 4.78 is 0.918. The van der Waals surface area contributed by atoms with Crippen molar-refractivity contribution < 1.29 is 9.90 Å². The summed E-state index contributed by atoms with van der Waals surface area (Å²) in [6, 6.07) is 24.2. The molecule has 1 aliphatic heterocycles. The monoisotopic (exact) mass is 532 g/mol. The summed E-state index contributed by atoms with van der Waals surface area (Å²) in [7, 11) is 0. The van der Waals surface area contributed by atoms with Crippen LogP contribution in [0.2, 0.25) is 5.02 Å². The number of Topliss-reactive ketones (excluding diaryl/α,β-unsaturated/α-hetero) is 1. The zero-order valence-corrected chi connectivity index (χ0v) is 20.6. The summed E-state index contributed by atoms with van der Waals surface area (Å²) in [6.07, 6.45) is 1.80. The van der Waals surface area contributed by atoms with E-state index in [1.807, 2.05) is 60.7 Å². The van der Waals surface area contributed by atoms with Gasteiger partial charge >= 0.3 is 0 Å². The Morgan fingerprint density at radius 2 is 1.65 bits per heavy atom. The second-order valence-corrected chi connectivity index (χ2v) is 9.71. The van der Waals surface area contributed by atoms with E-state index in [9.17, 15) is 15.3 Å². The first-order valence-corrected chi connectivity index (χ1v) is 12.3. The number of ketones is 1. The standard InChI is InChI=1S/C28H22BrClN2O2/c29-19-15-13-17(14-16-19)24-25-22(11-6-12-23(25)33)32(21-10-5-4-9-20(21)30)28(31)26(24)27(34)18-7-2-1-3-8-18/h1-5,7-10,13-16,24,31,34H,6,11-12H2/t24-/m1/s1. The van der Waals surface area contributed by atoms with Crippen LogP contribution in [0.25, 0.3) is 5.76 Å². The highest BCUT2D eigenvalue weighted by Crippen LogP contribution is 2.48. The molecular weight excluding hydrogens is 512 g/mol. The molecule has 170 valence electrons. The molecule has 2 aliphatic rings. The summed E-state index contributed by atoms with van der Waals surface area (Å²) >= 11 is 10.1. The number of aliphatic hydroxyl groups excluding tert-OH is 1.